The summed E-state index contributed by atoms with van der Waals surface area (Å²) in [7, 11) is 0. The molecule has 0 radical (unpaired) electrons. The van der Waals surface area contributed by atoms with Crippen LogP contribution in [-0.2, 0) is 6.54 Å². The van der Waals surface area contributed by atoms with Crippen LogP contribution in [0.2, 0.25) is 0 Å². The fraction of sp³-hybridized carbons (Fsp3) is 0.214. The maximum atomic E-state index is 13.2. The lowest BCUT2D eigenvalue weighted by molar-refractivity contribution is 0.100. The van der Waals surface area contributed by atoms with E-state index in [1.165, 1.54) is 11.3 Å². The average Bonchev–Trinajstić information content (AvgIpc) is 2.90. The first-order chi connectivity index (χ1) is 9.88. The van der Waals surface area contributed by atoms with Gasteiger partial charge in [-0.25, -0.2) is 13.2 Å². The Balaban J connectivity index is 2.04. The van der Waals surface area contributed by atoms with Gasteiger partial charge < -0.3 is 11.1 Å². The number of hydrogen-bond acceptors (Lipinski definition) is 3. The van der Waals surface area contributed by atoms with E-state index in [0.717, 1.165) is 17.0 Å². The monoisotopic (exact) mass is 314 g/mol. The maximum absolute atomic E-state index is 13.2. The molecule has 0 saturated heterocycles. The zero-order chi connectivity index (χ0) is 15.6. The third-order valence-corrected chi connectivity index (χ3v) is 3.96. The third kappa shape index (κ3) is 3.62. The summed E-state index contributed by atoms with van der Waals surface area (Å²) >= 11 is 1.35. The number of rotatable bonds is 5. The normalized spacial score (nSPS) is 12.4. The fourth-order valence-corrected chi connectivity index (χ4v) is 2.62. The summed E-state index contributed by atoms with van der Waals surface area (Å²) in [5, 5.41) is 4.68. The Labute approximate surface area is 123 Å². The van der Waals surface area contributed by atoms with Crippen molar-refractivity contribution >= 4 is 17.2 Å². The van der Waals surface area contributed by atoms with Crippen LogP contribution in [0.25, 0.3) is 0 Å². The van der Waals surface area contributed by atoms with Crippen LogP contribution < -0.4 is 11.1 Å². The van der Waals surface area contributed by atoms with Gasteiger partial charge in [0, 0.05) is 22.8 Å². The Hall–Kier alpha value is -1.86. The van der Waals surface area contributed by atoms with Crippen molar-refractivity contribution in [2.24, 2.45) is 5.73 Å². The van der Waals surface area contributed by atoms with Crippen molar-refractivity contribution in [2.75, 3.05) is 0 Å². The first-order valence-electron chi connectivity index (χ1n) is 6.13. The molecule has 3 nitrogen and oxygen atoms in total. The minimum absolute atomic E-state index is 0.304. The molecular formula is C14H13F3N2OS. The van der Waals surface area contributed by atoms with Crippen molar-refractivity contribution in [3.05, 3.63) is 57.0 Å². The van der Waals surface area contributed by atoms with Gasteiger partial charge in [-0.2, -0.15) is 0 Å². The molecule has 3 N–H and O–H groups in total. The molecule has 2 aromatic rings. The number of halogens is 3. The average molecular weight is 314 g/mol. The zero-order valence-electron chi connectivity index (χ0n) is 11.1. The molecule has 0 saturated carbocycles. The molecular weight excluding hydrogens is 301 g/mol. The first-order valence-corrected chi connectivity index (χ1v) is 7.01. The van der Waals surface area contributed by atoms with Crippen molar-refractivity contribution < 1.29 is 18.0 Å². The molecule has 0 fully saturated rings. The second-order valence-corrected chi connectivity index (χ2v) is 5.56. The summed E-state index contributed by atoms with van der Waals surface area (Å²) in [6.07, 6.45) is 0. The van der Waals surface area contributed by atoms with Gasteiger partial charge in [-0.3, -0.25) is 4.79 Å². The highest BCUT2D eigenvalue weighted by molar-refractivity contribution is 7.10. The summed E-state index contributed by atoms with van der Waals surface area (Å²) in [5.41, 5.74) is 5.87. The Kier molecular flexibility index (Phi) is 4.64. The SMILES string of the molecule is C[C@@H](NCc1cc(C(N)=O)cs1)c1cc(F)c(F)c(F)c1. The van der Waals surface area contributed by atoms with Gasteiger partial charge in [0.05, 0.1) is 5.56 Å². The van der Waals surface area contributed by atoms with E-state index in [4.69, 9.17) is 5.73 Å². The van der Waals surface area contributed by atoms with Crippen LogP contribution in [0, 0.1) is 17.5 Å². The molecule has 1 aromatic heterocycles. The lowest BCUT2D eigenvalue weighted by atomic mass is 10.1. The molecule has 7 heteroatoms. The van der Waals surface area contributed by atoms with E-state index in [1.54, 1.807) is 18.4 Å². The minimum atomic E-state index is -1.48. The second kappa shape index (κ2) is 6.28. The Morgan fingerprint density at radius 1 is 1.29 bits per heavy atom. The van der Waals surface area contributed by atoms with Gasteiger partial charge in [-0.15, -0.1) is 11.3 Å². The van der Waals surface area contributed by atoms with Crippen molar-refractivity contribution in [3.8, 4) is 0 Å². The maximum Gasteiger partial charge on any atom is 0.249 e. The Morgan fingerprint density at radius 3 is 2.43 bits per heavy atom. The van der Waals surface area contributed by atoms with Gasteiger partial charge in [-0.05, 0) is 30.7 Å². The molecule has 21 heavy (non-hydrogen) atoms. The summed E-state index contributed by atoms with van der Waals surface area (Å²) < 4.78 is 39.2. The van der Waals surface area contributed by atoms with Gasteiger partial charge in [0.15, 0.2) is 17.5 Å². The van der Waals surface area contributed by atoms with E-state index in [9.17, 15) is 18.0 Å². The molecule has 1 atom stereocenters. The molecule has 0 aliphatic heterocycles. The largest absolute Gasteiger partial charge is 0.366 e. The molecule has 0 spiro atoms. The van der Waals surface area contributed by atoms with Crippen LogP contribution in [0.4, 0.5) is 13.2 Å². The van der Waals surface area contributed by atoms with Crippen molar-refractivity contribution in [1.82, 2.24) is 5.32 Å². The first kappa shape index (κ1) is 15.5. The molecule has 0 aliphatic carbocycles. The van der Waals surface area contributed by atoms with E-state index in [2.05, 4.69) is 5.32 Å². The number of primary amides is 1. The number of nitrogens with one attached hydrogen (secondary N) is 1. The Morgan fingerprint density at radius 2 is 1.90 bits per heavy atom. The van der Waals surface area contributed by atoms with Gasteiger partial charge in [0.25, 0.3) is 0 Å². The van der Waals surface area contributed by atoms with E-state index >= 15 is 0 Å². The lowest BCUT2D eigenvalue weighted by Crippen LogP contribution is -2.18. The zero-order valence-corrected chi connectivity index (χ0v) is 11.9. The summed E-state index contributed by atoms with van der Waals surface area (Å²) in [6.45, 7) is 2.11. The number of hydrogen-bond donors (Lipinski definition) is 2. The third-order valence-electron chi connectivity index (χ3n) is 3.03. The molecule has 1 amide bonds. The molecule has 0 aliphatic rings. The predicted octanol–water partition coefficient (Wildman–Crippen LogP) is 3.12. The van der Waals surface area contributed by atoms with Gasteiger partial charge >= 0.3 is 0 Å². The van der Waals surface area contributed by atoms with Crippen molar-refractivity contribution in [2.45, 2.75) is 19.5 Å². The highest BCUT2D eigenvalue weighted by Crippen LogP contribution is 2.20. The van der Waals surface area contributed by atoms with Crippen LogP contribution in [0.15, 0.2) is 23.6 Å². The molecule has 112 valence electrons. The number of carbonyl (C=O) groups is 1. The number of thiophene rings is 1. The summed E-state index contributed by atoms with van der Waals surface area (Å²) in [5.74, 6) is -4.42. The quantitative estimate of drug-likeness (QED) is 0.833. The highest BCUT2D eigenvalue weighted by Gasteiger charge is 2.14. The van der Waals surface area contributed by atoms with Crippen molar-refractivity contribution in [1.29, 1.82) is 0 Å². The van der Waals surface area contributed by atoms with Gasteiger partial charge in [0.1, 0.15) is 0 Å². The van der Waals surface area contributed by atoms with Crippen LogP contribution in [0.1, 0.15) is 33.8 Å². The van der Waals surface area contributed by atoms with E-state index in [1.807, 2.05) is 0 Å². The standard InChI is InChI=1S/C14H13F3N2OS/c1-7(8-3-11(15)13(17)12(16)4-8)19-5-10-2-9(6-21-10)14(18)20/h2-4,6-7,19H,5H2,1H3,(H2,18,20)/t7-/m1/s1. The van der Waals surface area contributed by atoms with Crippen molar-refractivity contribution in [3.63, 3.8) is 0 Å². The molecule has 1 heterocycles. The molecule has 0 bridgehead atoms. The summed E-state index contributed by atoms with van der Waals surface area (Å²) in [4.78, 5) is 11.8. The predicted molar refractivity (Wildman–Crippen MR) is 74.4 cm³/mol. The van der Waals surface area contributed by atoms with Crippen LogP contribution in [0.3, 0.4) is 0 Å². The smallest absolute Gasteiger partial charge is 0.249 e. The lowest BCUT2D eigenvalue weighted by Gasteiger charge is -2.14. The van der Waals surface area contributed by atoms with Gasteiger partial charge in [-0.1, -0.05) is 0 Å². The number of benzene rings is 1. The highest BCUT2D eigenvalue weighted by atomic mass is 32.1. The van der Waals surface area contributed by atoms with Crippen LogP contribution >= 0.6 is 11.3 Å². The van der Waals surface area contributed by atoms with Crippen LogP contribution in [0.5, 0.6) is 0 Å². The van der Waals surface area contributed by atoms with Crippen LogP contribution in [-0.4, -0.2) is 5.91 Å². The molecule has 1 aromatic carbocycles. The number of nitrogens with two attached hydrogens (primary N) is 1. The fourth-order valence-electron chi connectivity index (χ4n) is 1.80. The summed E-state index contributed by atoms with van der Waals surface area (Å²) in [6, 6.07) is 3.19. The van der Waals surface area contributed by atoms with E-state index in [0.29, 0.717) is 17.7 Å². The number of carbonyl (C=O) groups excluding carboxylic acids is 1. The molecule has 2 rings (SSSR count). The minimum Gasteiger partial charge on any atom is -0.366 e. The van der Waals surface area contributed by atoms with E-state index in [-0.39, 0.29) is 6.04 Å². The topological polar surface area (TPSA) is 55.1 Å². The molecule has 0 unspecified atom stereocenters. The Bertz CT molecular complexity index is 649. The van der Waals surface area contributed by atoms with E-state index < -0.39 is 23.4 Å². The van der Waals surface area contributed by atoms with Gasteiger partial charge in [0.2, 0.25) is 5.91 Å². The second-order valence-electron chi connectivity index (χ2n) is 4.57. The number of amides is 1.